The Morgan fingerprint density at radius 3 is 2.70 bits per heavy atom. The molecule has 0 atom stereocenters. The fourth-order valence-corrected chi connectivity index (χ4v) is 2.47. The summed E-state index contributed by atoms with van der Waals surface area (Å²) in [4.78, 5) is 23.4. The zero-order chi connectivity index (χ0) is 14.6. The van der Waals surface area contributed by atoms with Crippen molar-refractivity contribution in [2.24, 2.45) is 5.92 Å². The first-order chi connectivity index (χ1) is 9.52. The Morgan fingerprint density at radius 1 is 1.45 bits per heavy atom. The lowest BCUT2D eigenvalue weighted by atomic mass is 9.77. The van der Waals surface area contributed by atoms with Crippen molar-refractivity contribution >= 4 is 18.0 Å². The number of amides is 1. The molecule has 0 spiro atoms. The van der Waals surface area contributed by atoms with Gasteiger partial charge in [-0.2, -0.15) is 0 Å². The third-order valence-corrected chi connectivity index (χ3v) is 3.84. The molecule has 0 saturated heterocycles. The minimum Gasteiger partial charge on any atom is -0.480 e. The largest absolute Gasteiger partial charge is 0.480 e. The molecule has 0 radical (unpaired) electrons. The highest BCUT2D eigenvalue weighted by Crippen LogP contribution is 2.32. The van der Waals surface area contributed by atoms with E-state index in [0.29, 0.717) is 24.5 Å². The molecule has 0 unspecified atom stereocenters. The predicted molar refractivity (Wildman–Crippen MR) is 73.9 cm³/mol. The van der Waals surface area contributed by atoms with E-state index in [-0.39, 0.29) is 0 Å². The van der Waals surface area contributed by atoms with Gasteiger partial charge in [0.25, 0.3) is 0 Å². The minimum atomic E-state index is -1.13. The number of hydrogen-bond donors (Lipinski definition) is 2. The number of carbonyl (C=O) groups is 2. The molecule has 1 aliphatic carbocycles. The van der Waals surface area contributed by atoms with Gasteiger partial charge < -0.3 is 14.8 Å². The van der Waals surface area contributed by atoms with Crippen molar-refractivity contribution in [3.05, 3.63) is 30.2 Å². The first-order valence-corrected chi connectivity index (χ1v) is 6.79. The second kappa shape index (κ2) is 5.94. The third-order valence-electron chi connectivity index (χ3n) is 3.84. The van der Waals surface area contributed by atoms with Crippen molar-refractivity contribution in [2.75, 3.05) is 0 Å². The van der Waals surface area contributed by atoms with Gasteiger partial charge in [-0.05, 0) is 49.8 Å². The quantitative estimate of drug-likeness (QED) is 0.828. The number of rotatable bonds is 4. The molecule has 1 amide bonds. The molecule has 1 fully saturated rings. The van der Waals surface area contributed by atoms with Gasteiger partial charge in [0.05, 0.1) is 6.26 Å². The molecule has 1 aliphatic rings. The van der Waals surface area contributed by atoms with E-state index >= 15 is 0 Å². The van der Waals surface area contributed by atoms with Crippen LogP contribution in [-0.4, -0.2) is 22.5 Å². The summed E-state index contributed by atoms with van der Waals surface area (Å²) < 4.78 is 5.08. The molecule has 20 heavy (non-hydrogen) atoms. The Labute approximate surface area is 117 Å². The average Bonchev–Trinajstić information content (AvgIpc) is 2.92. The van der Waals surface area contributed by atoms with E-state index in [4.69, 9.17) is 4.42 Å². The van der Waals surface area contributed by atoms with E-state index < -0.39 is 17.4 Å². The standard InChI is InChI=1S/C15H19NO4/c1-11-6-8-15(9-7-11,14(18)19)16-13(17)5-4-12-3-2-10-20-12/h2-5,10-11H,6-9H2,1H3,(H,16,17)(H,18,19)/b5-4+. The number of furan rings is 1. The minimum absolute atomic E-state index is 0.404. The molecule has 0 bridgehead atoms. The highest BCUT2D eigenvalue weighted by molar-refractivity contribution is 5.95. The van der Waals surface area contributed by atoms with Crippen LogP contribution in [0.1, 0.15) is 38.4 Å². The predicted octanol–water partition coefficient (Wildman–Crippen LogP) is 2.44. The first-order valence-electron chi connectivity index (χ1n) is 6.79. The van der Waals surface area contributed by atoms with Crippen LogP contribution in [0.5, 0.6) is 0 Å². The third kappa shape index (κ3) is 3.29. The lowest BCUT2D eigenvalue weighted by Gasteiger charge is -2.36. The summed E-state index contributed by atoms with van der Waals surface area (Å²) in [6.07, 6.45) is 6.92. The molecule has 108 valence electrons. The Morgan fingerprint density at radius 2 is 2.15 bits per heavy atom. The highest BCUT2D eigenvalue weighted by Gasteiger charge is 2.42. The molecule has 2 N–H and O–H groups in total. The van der Waals surface area contributed by atoms with Crippen LogP contribution in [0, 0.1) is 5.92 Å². The van der Waals surface area contributed by atoms with E-state index in [2.05, 4.69) is 12.2 Å². The van der Waals surface area contributed by atoms with E-state index in [1.807, 2.05) is 0 Å². The number of carboxylic acids is 1. The second-order valence-electron chi connectivity index (χ2n) is 5.41. The van der Waals surface area contributed by atoms with Gasteiger partial charge in [0, 0.05) is 6.08 Å². The molecule has 2 rings (SSSR count). The first kappa shape index (κ1) is 14.4. The van der Waals surface area contributed by atoms with Gasteiger partial charge in [-0.15, -0.1) is 0 Å². The Bertz CT molecular complexity index is 496. The van der Waals surface area contributed by atoms with Gasteiger partial charge in [0.15, 0.2) is 0 Å². The SMILES string of the molecule is CC1CCC(NC(=O)/C=C/c2ccco2)(C(=O)O)CC1. The fourth-order valence-electron chi connectivity index (χ4n) is 2.47. The normalized spacial score (nSPS) is 26.6. The summed E-state index contributed by atoms with van der Waals surface area (Å²) >= 11 is 0. The van der Waals surface area contributed by atoms with Crippen LogP contribution < -0.4 is 5.32 Å². The molecular formula is C15H19NO4. The summed E-state index contributed by atoms with van der Waals surface area (Å²) in [6.45, 7) is 2.10. The highest BCUT2D eigenvalue weighted by atomic mass is 16.4. The van der Waals surface area contributed by atoms with Crippen molar-refractivity contribution in [3.63, 3.8) is 0 Å². The van der Waals surface area contributed by atoms with Gasteiger partial charge in [-0.1, -0.05) is 6.92 Å². The van der Waals surface area contributed by atoms with Crippen molar-refractivity contribution < 1.29 is 19.1 Å². The lowest BCUT2D eigenvalue weighted by molar-refractivity contribution is -0.149. The van der Waals surface area contributed by atoms with Gasteiger partial charge in [0.2, 0.25) is 5.91 Å². The molecule has 0 aromatic carbocycles. The average molecular weight is 277 g/mol. The maximum atomic E-state index is 11.9. The molecular weight excluding hydrogens is 258 g/mol. The van der Waals surface area contributed by atoms with Gasteiger partial charge in [-0.25, -0.2) is 4.79 Å². The van der Waals surface area contributed by atoms with E-state index in [0.717, 1.165) is 12.8 Å². The van der Waals surface area contributed by atoms with Gasteiger partial charge >= 0.3 is 5.97 Å². The van der Waals surface area contributed by atoms with Gasteiger partial charge in [-0.3, -0.25) is 4.79 Å². The van der Waals surface area contributed by atoms with Crippen LogP contribution in [0.2, 0.25) is 0 Å². The summed E-state index contributed by atoms with van der Waals surface area (Å²) in [5, 5.41) is 12.1. The van der Waals surface area contributed by atoms with E-state index in [9.17, 15) is 14.7 Å². The van der Waals surface area contributed by atoms with Crippen LogP contribution >= 0.6 is 0 Å². The molecule has 5 nitrogen and oxygen atoms in total. The summed E-state index contributed by atoms with van der Waals surface area (Å²) in [6, 6.07) is 3.44. The molecule has 0 aliphatic heterocycles. The topological polar surface area (TPSA) is 79.5 Å². The van der Waals surface area contributed by atoms with Crippen LogP contribution in [0.15, 0.2) is 28.9 Å². The number of aliphatic carboxylic acids is 1. The molecule has 1 saturated carbocycles. The Balaban J connectivity index is 2.01. The zero-order valence-electron chi connectivity index (χ0n) is 11.5. The second-order valence-corrected chi connectivity index (χ2v) is 5.41. The lowest BCUT2D eigenvalue weighted by Crippen LogP contribution is -2.55. The van der Waals surface area contributed by atoms with Crippen LogP contribution in [0.25, 0.3) is 6.08 Å². The molecule has 1 aromatic rings. The molecule has 5 heteroatoms. The van der Waals surface area contributed by atoms with Crippen molar-refractivity contribution in [3.8, 4) is 0 Å². The maximum absolute atomic E-state index is 11.9. The van der Waals surface area contributed by atoms with Crippen LogP contribution in [0.3, 0.4) is 0 Å². The van der Waals surface area contributed by atoms with E-state index in [1.165, 1.54) is 18.4 Å². The number of carboxylic acid groups (broad SMARTS) is 1. The number of nitrogens with one attached hydrogen (secondary N) is 1. The van der Waals surface area contributed by atoms with Crippen molar-refractivity contribution in [2.45, 2.75) is 38.1 Å². The fraction of sp³-hybridized carbons (Fsp3) is 0.467. The Kier molecular flexibility index (Phi) is 4.27. The number of carbonyl (C=O) groups excluding carboxylic acids is 1. The maximum Gasteiger partial charge on any atom is 0.329 e. The monoisotopic (exact) mass is 277 g/mol. The van der Waals surface area contributed by atoms with Crippen LogP contribution in [-0.2, 0) is 9.59 Å². The van der Waals surface area contributed by atoms with Gasteiger partial charge in [0.1, 0.15) is 11.3 Å². The Hall–Kier alpha value is -2.04. The smallest absolute Gasteiger partial charge is 0.329 e. The molecule has 1 aromatic heterocycles. The summed E-state index contributed by atoms with van der Waals surface area (Å²) in [7, 11) is 0. The van der Waals surface area contributed by atoms with Crippen molar-refractivity contribution in [1.82, 2.24) is 5.32 Å². The summed E-state index contributed by atoms with van der Waals surface area (Å²) in [5.74, 6) is -0.290. The van der Waals surface area contributed by atoms with Crippen molar-refractivity contribution in [1.29, 1.82) is 0 Å². The number of hydrogen-bond acceptors (Lipinski definition) is 3. The van der Waals surface area contributed by atoms with E-state index in [1.54, 1.807) is 12.1 Å². The molecule has 1 heterocycles. The van der Waals surface area contributed by atoms with Crippen LogP contribution in [0.4, 0.5) is 0 Å². The summed E-state index contributed by atoms with van der Waals surface area (Å²) in [5.41, 5.74) is -1.13. The zero-order valence-corrected chi connectivity index (χ0v) is 11.5.